The summed E-state index contributed by atoms with van der Waals surface area (Å²) in [4.78, 5) is 12.6. The monoisotopic (exact) mass is 353 g/mol. The second-order valence-electron chi connectivity index (χ2n) is 4.75. The third-order valence-electron chi connectivity index (χ3n) is 3.07. The summed E-state index contributed by atoms with van der Waals surface area (Å²) in [5.41, 5.74) is -0.427. The molecule has 0 aliphatic rings. The van der Waals surface area contributed by atoms with Gasteiger partial charge in [0.25, 0.3) is 5.89 Å². The average molecular weight is 353 g/mol. The molecular weight excluding hydrogens is 343 g/mol. The molecule has 0 aliphatic carbocycles. The third kappa shape index (κ3) is 3.46. The van der Waals surface area contributed by atoms with Crippen LogP contribution < -0.4 is 5.32 Å². The lowest BCUT2D eigenvalue weighted by atomic mass is 10.2. The van der Waals surface area contributed by atoms with Crippen LogP contribution in [0.25, 0.3) is 10.8 Å². The van der Waals surface area contributed by atoms with Gasteiger partial charge in [-0.25, -0.2) is 13.2 Å². The van der Waals surface area contributed by atoms with E-state index in [1.54, 1.807) is 0 Å². The van der Waals surface area contributed by atoms with Gasteiger partial charge in [0.1, 0.15) is 0 Å². The van der Waals surface area contributed by atoms with Crippen molar-refractivity contribution in [3.8, 4) is 10.8 Å². The summed E-state index contributed by atoms with van der Waals surface area (Å²) in [5, 5.41) is 11.7. The minimum Gasteiger partial charge on any atom is -0.420 e. The molecule has 2 aromatic heterocycles. The molecule has 124 valence electrons. The number of hydrogen-bond acceptors (Lipinski definition) is 5. The normalized spacial score (nSPS) is 10.8. The number of nitrogens with one attached hydrogen (secondary N) is 1. The Morgan fingerprint density at radius 3 is 2.75 bits per heavy atom. The van der Waals surface area contributed by atoms with Crippen LogP contribution in [0.2, 0.25) is 0 Å². The van der Waals surface area contributed by atoms with Crippen LogP contribution in [0.5, 0.6) is 0 Å². The molecule has 1 N–H and O–H groups in total. The van der Waals surface area contributed by atoms with Crippen molar-refractivity contribution in [1.82, 2.24) is 10.2 Å². The minimum atomic E-state index is -1.63. The number of carbonyl (C=O) groups is 1. The fourth-order valence-electron chi connectivity index (χ4n) is 1.91. The number of nitrogens with zero attached hydrogens (tertiary/aromatic N) is 2. The third-order valence-corrected chi connectivity index (χ3v) is 3.93. The predicted octanol–water partition coefficient (Wildman–Crippen LogP) is 3.79. The van der Waals surface area contributed by atoms with Crippen LogP contribution in [0.3, 0.4) is 0 Å². The summed E-state index contributed by atoms with van der Waals surface area (Å²) < 4.78 is 44.8. The Kier molecular flexibility index (Phi) is 4.61. The van der Waals surface area contributed by atoms with Gasteiger partial charge in [0.15, 0.2) is 17.5 Å². The Hall–Kier alpha value is -2.68. The lowest BCUT2D eigenvalue weighted by molar-refractivity contribution is -0.116. The number of carbonyl (C=O) groups excluding carboxylic acids is 1. The van der Waals surface area contributed by atoms with E-state index in [1.165, 1.54) is 11.3 Å². The van der Waals surface area contributed by atoms with Crippen molar-refractivity contribution in [2.24, 2.45) is 0 Å². The molecule has 0 bridgehead atoms. The highest BCUT2D eigenvalue weighted by Crippen LogP contribution is 2.23. The SMILES string of the molecule is O=C(CCc1nnc(-c2cccs2)o1)Nc1ccc(F)c(F)c1F. The molecular formula is C15H10F3N3O2S. The Labute approximate surface area is 138 Å². The van der Waals surface area contributed by atoms with Gasteiger partial charge in [-0.3, -0.25) is 4.79 Å². The van der Waals surface area contributed by atoms with Crippen molar-refractivity contribution in [1.29, 1.82) is 0 Å². The first-order valence-corrected chi connectivity index (χ1v) is 7.72. The molecule has 0 spiro atoms. The molecule has 1 amide bonds. The van der Waals surface area contributed by atoms with Crippen LogP contribution in [0.4, 0.5) is 18.9 Å². The number of amides is 1. The molecule has 0 saturated heterocycles. The molecule has 0 aliphatic heterocycles. The topological polar surface area (TPSA) is 68.0 Å². The molecule has 3 rings (SSSR count). The fraction of sp³-hybridized carbons (Fsp3) is 0.133. The molecule has 24 heavy (non-hydrogen) atoms. The molecule has 0 unspecified atom stereocenters. The Balaban J connectivity index is 1.59. The van der Waals surface area contributed by atoms with Crippen LogP contribution in [-0.2, 0) is 11.2 Å². The number of aromatic nitrogens is 2. The summed E-state index contributed by atoms with van der Waals surface area (Å²) in [6.45, 7) is 0. The van der Waals surface area contributed by atoms with E-state index in [0.717, 1.165) is 17.0 Å². The highest BCUT2D eigenvalue weighted by molar-refractivity contribution is 7.13. The zero-order valence-corrected chi connectivity index (χ0v) is 12.9. The lowest BCUT2D eigenvalue weighted by Gasteiger charge is -2.06. The zero-order chi connectivity index (χ0) is 17.1. The Bertz CT molecular complexity index is 865. The number of benzene rings is 1. The predicted molar refractivity (Wildman–Crippen MR) is 80.9 cm³/mol. The second-order valence-corrected chi connectivity index (χ2v) is 5.70. The first-order valence-electron chi connectivity index (χ1n) is 6.84. The molecule has 5 nitrogen and oxygen atoms in total. The Morgan fingerprint density at radius 2 is 2.00 bits per heavy atom. The van der Waals surface area contributed by atoms with Gasteiger partial charge in [0.05, 0.1) is 10.6 Å². The van der Waals surface area contributed by atoms with E-state index in [9.17, 15) is 18.0 Å². The average Bonchev–Trinajstić information content (AvgIpc) is 3.24. The molecule has 3 aromatic rings. The van der Waals surface area contributed by atoms with Gasteiger partial charge in [0.2, 0.25) is 11.8 Å². The van der Waals surface area contributed by atoms with Crippen LogP contribution in [-0.4, -0.2) is 16.1 Å². The number of anilines is 1. The zero-order valence-electron chi connectivity index (χ0n) is 12.1. The largest absolute Gasteiger partial charge is 0.420 e. The van der Waals surface area contributed by atoms with E-state index in [1.807, 2.05) is 17.5 Å². The molecule has 0 fully saturated rings. The van der Waals surface area contributed by atoms with Gasteiger partial charge in [-0.1, -0.05) is 6.07 Å². The Morgan fingerprint density at radius 1 is 1.17 bits per heavy atom. The van der Waals surface area contributed by atoms with Gasteiger partial charge < -0.3 is 9.73 Å². The maximum Gasteiger partial charge on any atom is 0.257 e. The molecule has 0 saturated carbocycles. The minimum absolute atomic E-state index is 0.0789. The molecule has 0 radical (unpaired) electrons. The van der Waals surface area contributed by atoms with Gasteiger partial charge in [0, 0.05) is 12.8 Å². The van der Waals surface area contributed by atoms with Crippen molar-refractivity contribution in [2.45, 2.75) is 12.8 Å². The van der Waals surface area contributed by atoms with Crippen molar-refractivity contribution in [3.63, 3.8) is 0 Å². The number of aryl methyl sites for hydroxylation is 1. The maximum atomic E-state index is 13.5. The highest BCUT2D eigenvalue weighted by atomic mass is 32.1. The van der Waals surface area contributed by atoms with Crippen LogP contribution in [0.1, 0.15) is 12.3 Å². The van der Waals surface area contributed by atoms with Crippen molar-refractivity contribution >= 4 is 22.9 Å². The number of hydrogen-bond donors (Lipinski definition) is 1. The first-order chi connectivity index (χ1) is 11.5. The van der Waals surface area contributed by atoms with Crippen molar-refractivity contribution in [3.05, 3.63) is 53.0 Å². The molecule has 0 atom stereocenters. The van der Waals surface area contributed by atoms with Gasteiger partial charge in [-0.15, -0.1) is 21.5 Å². The van der Waals surface area contributed by atoms with Crippen LogP contribution in [0, 0.1) is 17.5 Å². The summed E-state index contributed by atoms with van der Waals surface area (Å²) in [5.74, 6) is -4.38. The summed E-state index contributed by atoms with van der Waals surface area (Å²) in [7, 11) is 0. The summed E-state index contributed by atoms with van der Waals surface area (Å²) in [6, 6.07) is 5.35. The van der Waals surface area contributed by atoms with Gasteiger partial charge in [-0.2, -0.15) is 0 Å². The van der Waals surface area contributed by atoms with E-state index in [-0.39, 0.29) is 18.7 Å². The van der Waals surface area contributed by atoms with E-state index in [0.29, 0.717) is 5.89 Å². The van der Waals surface area contributed by atoms with Crippen molar-refractivity contribution in [2.75, 3.05) is 5.32 Å². The maximum absolute atomic E-state index is 13.5. The first kappa shape index (κ1) is 16.2. The second kappa shape index (κ2) is 6.83. The van der Waals surface area contributed by atoms with Gasteiger partial charge in [-0.05, 0) is 23.6 Å². The van der Waals surface area contributed by atoms with Crippen LogP contribution >= 0.6 is 11.3 Å². The standard InChI is InChI=1S/C15H10F3N3O2S/c16-8-3-4-9(14(18)13(8)17)19-11(22)5-6-12-20-21-15(23-12)10-2-1-7-24-10/h1-4,7H,5-6H2,(H,19,22). The van der Waals surface area contributed by atoms with Crippen molar-refractivity contribution < 1.29 is 22.4 Å². The smallest absolute Gasteiger partial charge is 0.257 e. The van der Waals surface area contributed by atoms with Crippen LogP contribution in [0.15, 0.2) is 34.1 Å². The fourth-order valence-corrected chi connectivity index (χ4v) is 2.55. The molecule has 1 aromatic carbocycles. The molecule has 9 heteroatoms. The number of thiophene rings is 1. The van der Waals surface area contributed by atoms with E-state index in [4.69, 9.17) is 4.42 Å². The van der Waals surface area contributed by atoms with E-state index in [2.05, 4.69) is 15.5 Å². The van der Waals surface area contributed by atoms with E-state index < -0.39 is 29.0 Å². The summed E-state index contributed by atoms with van der Waals surface area (Å²) >= 11 is 1.44. The number of rotatable bonds is 5. The number of halogens is 3. The van der Waals surface area contributed by atoms with Gasteiger partial charge >= 0.3 is 0 Å². The highest BCUT2D eigenvalue weighted by Gasteiger charge is 2.16. The van der Waals surface area contributed by atoms with E-state index >= 15 is 0 Å². The quantitative estimate of drug-likeness (QED) is 0.709. The lowest BCUT2D eigenvalue weighted by Crippen LogP contribution is -2.14. The molecule has 2 heterocycles. The summed E-state index contributed by atoms with van der Waals surface area (Å²) in [6.07, 6.45) is 0.0556.